The fraction of sp³-hybridized carbons (Fsp3) is 0.534. The number of nitrogens with one attached hydrogen (secondary N) is 5. The van der Waals surface area contributed by atoms with E-state index < -0.39 is 0 Å². The first kappa shape index (κ1) is 96.7. The molecule has 25 rings (SSSR count). The standard InChI is InChI=1S/C25H32N4O.C24H29FN4.C23H32N4.C22H26ClN5.C22H32N4/c1-2-6-20(7-3-1)19-30-17-16-28-14-11-22(12-15-28)29-24-9-5-4-8-23(24)27-25(29)21-10-13-26-18-21;25-20-7-5-18(6-8-20)10-14-28-15-11-21(12-16-28)29-23-4-2-1-3-22(23)27-24(29)19-9-13-26-17-19;1-2-6-18(7-3-1)17-26-14-11-20(12-15-26)27-22-9-5-4-8-21(22)25-23(27)19-10-13-24-16-19;23-21-13-16(5-10-25-21)15-27-11-7-18(8-12-27)28-20-4-2-1-3-19(20)26-22(28)17-6-9-24-14-17;1-2-6-17(5-1)16-25-13-10-19(11-14-25)26-21-8-4-3-7-20(21)24-22(26)18-9-12-23-15-18/h1-9,21-22,26H,10-19H2;1-8,19,21,26H,9-17H2;1-2,4-5,8-9,18-20,24H,3,6-7,10-17H2;1-5,10,13,17-18,24H,6-9,11-12,14-15H2;3-4,7-8,17-19,23H,1-2,5-6,9-16H2/t21-;19-;18?,19-;17-;18-/m11111/s1. The zero-order valence-corrected chi connectivity index (χ0v) is 83.5. The van der Waals surface area contributed by atoms with Crippen LogP contribution in [0.5, 0.6) is 0 Å². The minimum atomic E-state index is -0.157. The first-order valence-electron chi connectivity index (χ1n) is 54.3. The molecule has 13 aromatic rings. The zero-order valence-electron chi connectivity index (χ0n) is 82.7. The third kappa shape index (κ3) is 23.6. The van der Waals surface area contributed by atoms with E-state index in [9.17, 15) is 4.39 Å². The van der Waals surface area contributed by atoms with Gasteiger partial charge in [0.05, 0.1) is 68.4 Å². The van der Waals surface area contributed by atoms with Gasteiger partial charge in [-0.15, -0.1) is 0 Å². The highest BCUT2D eigenvalue weighted by atomic mass is 35.5. The number of aromatic nitrogens is 11. The van der Waals surface area contributed by atoms with E-state index in [1.54, 1.807) is 18.3 Å². The lowest BCUT2D eigenvalue weighted by molar-refractivity contribution is 0.0801. The number of para-hydroxylation sites is 10. The van der Waals surface area contributed by atoms with Crippen LogP contribution in [0, 0.1) is 17.7 Å². The average molecular weight is 1910 g/mol. The Labute approximate surface area is 833 Å². The SMILES string of the molecule is C1=CCC(CN2CCC(n3c([C@@H]4CCNC4)nc4ccccc43)CC2)CC1.Clc1cc(CN2CCC(n3c([C@@H]4CCNC4)nc4ccccc43)CC2)ccn1.Fc1ccc(CCN2CCC(n3c([C@@H]4CCNC4)nc4ccccc43)CC2)cc1.c1ccc(COCCN2CCC(n3c([C@@H]4CCNC4)nc4ccccc43)CC2)cc1.c1ccc2c(c1)nc([C@@H]1CCNC1)n2C1CCN(CC2CCCC2)CC1. The Morgan fingerprint density at radius 2 is 0.679 bits per heavy atom. The smallest absolute Gasteiger partial charge is 0.129 e. The van der Waals surface area contributed by atoms with Gasteiger partial charge in [0.1, 0.15) is 40.1 Å². The van der Waals surface area contributed by atoms with Gasteiger partial charge in [0.15, 0.2) is 0 Å². The first-order valence-corrected chi connectivity index (χ1v) is 54.7. The highest BCUT2D eigenvalue weighted by Crippen LogP contribution is 2.42. The number of likely N-dealkylation sites (tertiary alicyclic amines) is 5. The number of piperidine rings is 5. The molecule has 0 amide bonds. The molecular weight excluding hydrogens is 1760 g/mol. The second kappa shape index (κ2) is 47.4. The maximum atomic E-state index is 13.1. The van der Waals surface area contributed by atoms with Crippen molar-refractivity contribution in [2.24, 2.45) is 11.8 Å². The van der Waals surface area contributed by atoms with Crippen LogP contribution in [0.1, 0.15) is 247 Å². The van der Waals surface area contributed by atoms with Crippen molar-refractivity contribution in [2.75, 3.05) is 164 Å². The summed E-state index contributed by atoms with van der Waals surface area (Å²) in [6.07, 6.45) is 35.4. The Morgan fingerprint density at radius 3 is 1.04 bits per heavy atom. The molecule has 10 saturated heterocycles. The largest absolute Gasteiger partial charge is 0.375 e. The summed E-state index contributed by atoms with van der Waals surface area (Å²) in [7, 11) is 0. The van der Waals surface area contributed by atoms with Crippen LogP contribution in [0.25, 0.3) is 55.2 Å². The van der Waals surface area contributed by atoms with Gasteiger partial charge in [0, 0.05) is 197 Å². The molecule has 24 heteroatoms. The normalized spacial score (nSPS) is 23.4. The minimum absolute atomic E-state index is 0.157. The topological polar surface area (TPSA) is 188 Å². The van der Waals surface area contributed by atoms with Crippen molar-refractivity contribution in [3.8, 4) is 0 Å². The van der Waals surface area contributed by atoms with E-state index in [0.29, 0.717) is 71.6 Å². The second-order valence-corrected chi connectivity index (χ2v) is 42.9. The van der Waals surface area contributed by atoms with Crippen LogP contribution in [0.2, 0.25) is 5.15 Å². The van der Waals surface area contributed by atoms with E-state index in [-0.39, 0.29) is 5.82 Å². The molecule has 740 valence electrons. The number of fused-ring (bicyclic) bond motifs is 5. The van der Waals surface area contributed by atoms with E-state index in [4.69, 9.17) is 41.3 Å². The summed E-state index contributed by atoms with van der Waals surface area (Å²) in [6.45, 7) is 29.7. The molecule has 0 spiro atoms. The highest BCUT2D eigenvalue weighted by Gasteiger charge is 2.37. The van der Waals surface area contributed by atoms with Gasteiger partial charge >= 0.3 is 0 Å². The minimum Gasteiger partial charge on any atom is -0.375 e. The molecule has 0 bridgehead atoms. The molecule has 6 aromatic heterocycles. The molecule has 0 radical (unpaired) electrons. The molecule has 1 saturated carbocycles. The van der Waals surface area contributed by atoms with Crippen LogP contribution in [0.15, 0.2) is 206 Å². The van der Waals surface area contributed by atoms with Gasteiger partial charge in [-0.25, -0.2) is 34.3 Å². The number of imidazole rings is 5. The maximum absolute atomic E-state index is 13.1. The molecular formula is C116H151ClFN21O. The van der Waals surface area contributed by atoms with Crippen molar-refractivity contribution < 1.29 is 9.13 Å². The monoisotopic (exact) mass is 1910 g/mol. The van der Waals surface area contributed by atoms with E-state index >= 15 is 0 Å². The Hall–Kier alpha value is -9.44. The number of hydrogen-bond donors (Lipinski definition) is 5. The van der Waals surface area contributed by atoms with Gasteiger partial charge in [-0.1, -0.05) is 140 Å². The predicted molar refractivity (Wildman–Crippen MR) is 566 cm³/mol. The number of allylic oxidation sites excluding steroid dienone is 2. The van der Waals surface area contributed by atoms with Crippen molar-refractivity contribution >= 4 is 66.8 Å². The fourth-order valence-corrected chi connectivity index (χ4v) is 25.7. The summed E-state index contributed by atoms with van der Waals surface area (Å²) in [5.41, 5.74) is 16.1. The van der Waals surface area contributed by atoms with Crippen molar-refractivity contribution in [1.82, 2.24) is 104 Å². The van der Waals surface area contributed by atoms with E-state index in [2.05, 4.69) is 243 Å². The summed E-state index contributed by atoms with van der Waals surface area (Å²) >= 11 is 6.04. The number of halogens is 2. The molecule has 11 fully saturated rings. The predicted octanol–water partition coefficient (Wildman–Crippen LogP) is 20.1. The molecule has 10 aliphatic heterocycles. The van der Waals surface area contributed by atoms with Crippen LogP contribution in [-0.4, -0.2) is 241 Å². The quantitative estimate of drug-likeness (QED) is 0.0218. The third-order valence-corrected chi connectivity index (χ3v) is 33.4. The Morgan fingerprint density at radius 1 is 0.329 bits per heavy atom. The number of rotatable bonds is 24. The van der Waals surface area contributed by atoms with Gasteiger partial charge < -0.3 is 73.8 Å². The molecule has 1 unspecified atom stereocenters. The molecule has 7 aromatic carbocycles. The lowest BCUT2D eigenvalue weighted by Gasteiger charge is -2.36. The van der Waals surface area contributed by atoms with Crippen molar-refractivity contribution in [3.63, 3.8) is 0 Å². The summed E-state index contributed by atoms with van der Waals surface area (Å²) in [4.78, 5) is 42.5. The Balaban J connectivity index is 0.000000104. The fourth-order valence-electron chi connectivity index (χ4n) is 25.5. The number of pyridine rings is 1. The molecule has 12 aliphatic rings. The first-order chi connectivity index (χ1) is 69.2. The lowest BCUT2D eigenvalue weighted by Crippen LogP contribution is -2.38. The van der Waals surface area contributed by atoms with Gasteiger partial charge in [-0.2, -0.15) is 0 Å². The van der Waals surface area contributed by atoms with Crippen molar-refractivity contribution in [3.05, 3.63) is 263 Å². The summed E-state index contributed by atoms with van der Waals surface area (Å²) in [5.74, 6) is 11.0. The molecule has 22 nitrogen and oxygen atoms in total. The molecule has 6 atom stereocenters. The summed E-state index contributed by atoms with van der Waals surface area (Å²) in [6, 6.07) is 67.6. The van der Waals surface area contributed by atoms with Crippen molar-refractivity contribution in [1.29, 1.82) is 0 Å². The third-order valence-electron chi connectivity index (χ3n) is 33.2. The van der Waals surface area contributed by atoms with Crippen LogP contribution in [-0.2, 0) is 24.3 Å². The van der Waals surface area contributed by atoms with E-state index in [1.165, 1.54) is 239 Å². The van der Waals surface area contributed by atoms with Crippen LogP contribution in [0.3, 0.4) is 0 Å². The Kier molecular flexibility index (Phi) is 32.7. The van der Waals surface area contributed by atoms with Gasteiger partial charge in [0.25, 0.3) is 0 Å². The van der Waals surface area contributed by atoms with Gasteiger partial charge in [0.2, 0.25) is 0 Å². The van der Waals surface area contributed by atoms with Crippen LogP contribution < -0.4 is 26.6 Å². The number of hydrogen-bond acceptors (Lipinski definition) is 17. The van der Waals surface area contributed by atoms with Crippen LogP contribution in [0.4, 0.5) is 4.39 Å². The molecule has 140 heavy (non-hydrogen) atoms. The molecule has 5 N–H and O–H groups in total. The summed E-state index contributed by atoms with van der Waals surface area (Å²) < 4.78 is 31.9. The number of ether oxygens (including phenoxy) is 1. The second-order valence-electron chi connectivity index (χ2n) is 42.5. The molecule has 16 heterocycles. The Bertz CT molecular complexity index is 6090. The highest BCUT2D eigenvalue weighted by molar-refractivity contribution is 6.29. The average Bonchev–Trinajstić information content (AvgIpc) is 1.64. The van der Waals surface area contributed by atoms with Gasteiger partial charge in [-0.05, 0) is 281 Å². The number of benzene rings is 7. The number of nitrogens with zero attached hydrogens (tertiary/aromatic N) is 16. The van der Waals surface area contributed by atoms with Gasteiger partial charge in [-0.3, -0.25) is 4.90 Å². The molecule has 2 aliphatic carbocycles. The van der Waals surface area contributed by atoms with E-state index in [0.717, 1.165) is 191 Å². The summed E-state index contributed by atoms with van der Waals surface area (Å²) in [5, 5.41) is 18.2. The zero-order chi connectivity index (χ0) is 94.1. The lowest BCUT2D eigenvalue weighted by atomic mass is 9.93. The van der Waals surface area contributed by atoms with Crippen molar-refractivity contribution in [2.45, 2.75) is 221 Å². The van der Waals surface area contributed by atoms with Crippen LogP contribution >= 0.6 is 11.6 Å². The maximum Gasteiger partial charge on any atom is 0.129 e. The van der Waals surface area contributed by atoms with E-state index in [1.807, 2.05) is 24.3 Å².